The third-order valence-electron chi connectivity index (χ3n) is 7.85. The summed E-state index contributed by atoms with van der Waals surface area (Å²) in [6.45, 7) is 8.35. The second kappa shape index (κ2) is 5.77. The molecule has 0 aromatic carbocycles. The molecule has 3 saturated carbocycles. The Balaban J connectivity index is 1.26. The van der Waals surface area contributed by atoms with E-state index in [0.29, 0.717) is 11.5 Å². The van der Waals surface area contributed by atoms with E-state index in [-0.39, 0.29) is 6.29 Å². The van der Waals surface area contributed by atoms with Gasteiger partial charge < -0.3 is 9.47 Å². The van der Waals surface area contributed by atoms with Crippen LogP contribution in [-0.4, -0.2) is 19.0 Å². The van der Waals surface area contributed by atoms with Gasteiger partial charge in [-0.15, -0.1) is 0 Å². The van der Waals surface area contributed by atoms with E-state index in [1.54, 1.807) is 0 Å². The summed E-state index contributed by atoms with van der Waals surface area (Å²) in [4.78, 5) is 0. The first kappa shape index (κ1) is 15.4. The quantitative estimate of drug-likeness (QED) is 0.643. The van der Waals surface area contributed by atoms with Gasteiger partial charge in [-0.1, -0.05) is 59.3 Å². The van der Waals surface area contributed by atoms with E-state index < -0.39 is 0 Å². The van der Waals surface area contributed by atoms with Gasteiger partial charge in [-0.25, -0.2) is 0 Å². The van der Waals surface area contributed by atoms with Crippen LogP contribution >= 0.6 is 0 Å². The van der Waals surface area contributed by atoms with Crippen LogP contribution in [0.5, 0.6) is 0 Å². The largest absolute Gasteiger partial charge is 0.349 e. The molecule has 4 rings (SSSR count). The zero-order valence-corrected chi connectivity index (χ0v) is 14.7. The summed E-state index contributed by atoms with van der Waals surface area (Å²) in [5.74, 6) is 4.36. The van der Waals surface area contributed by atoms with Crippen molar-refractivity contribution in [1.29, 1.82) is 0 Å². The van der Waals surface area contributed by atoms with Crippen molar-refractivity contribution in [1.82, 2.24) is 0 Å². The molecule has 1 aliphatic heterocycles. The van der Waals surface area contributed by atoms with Crippen molar-refractivity contribution in [3.8, 4) is 0 Å². The highest BCUT2D eigenvalue weighted by molar-refractivity contribution is 5.08. The van der Waals surface area contributed by atoms with Gasteiger partial charge in [0.05, 0.1) is 6.61 Å². The molecule has 4 fully saturated rings. The Kier molecular flexibility index (Phi) is 4.05. The van der Waals surface area contributed by atoms with Gasteiger partial charge in [-0.05, 0) is 47.8 Å². The van der Waals surface area contributed by atoms with Crippen molar-refractivity contribution in [3.63, 3.8) is 0 Å². The summed E-state index contributed by atoms with van der Waals surface area (Å²) >= 11 is 0. The molecule has 0 radical (unpaired) electrons. The fourth-order valence-electron chi connectivity index (χ4n) is 5.68. The molecule has 1 saturated heterocycles. The maximum Gasteiger partial charge on any atom is 0.184 e. The molecule has 0 N–H and O–H groups in total. The number of hydrogen-bond donors (Lipinski definition) is 0. The summed E-state index contributed by atoms with van der Waals surface area (Å²) < 4.78 is 11.9. The molecule has 2 nitrogen and oxygen atoms in total. The standard InChI is InChI=1S/C20H34O2/c1-13(15-8-5-4-6-9-15)17-14(2)20(17,3)12-21-19-18(22-19)16-10-7-11-16/h13-19H,4-12H2,1-3H3/t13-,14-,17+,18?,19?,20+/m0/s1. The monoisotopic (exact) mass is 306 g/mol. The minimum atomic E-state index is 0.139. The molecule has 1 heterocycles. The number of ether oxygens (including phenoxy) is 2. The number of epoxide rings is 1. The predicted octanol–water partition coefficient (Wildman–Crippen LogP) is 5.02. The second-order valence-corrected chi connectivity index (χ2v) is 9.05. The third-order valence-corrected chi connectivity index (χ3v) is 7.85. The first-order valence-corrected chi connectivity index (χ1v) is 9.88. The molecular formula is C20H34O2. The predicted molar refractivity (Wildman–Crippen MR) is 88.5 cm³/mol. The van der Waals surface area contributed by atoms with Crippen molar-refractivity contribution in [2.24, 2.45) is 35.0 Å². The van der Waals surface area contributed by atoms with Crippen LogP contribution in [-0.2, 0) is 9.47 Å². The lowest BCUT2D eigenvalue weighted by Gasteiger charge is -2.29. The van der Waals surface area contributed by atoms with Crippen molar-refractivity contribution < 1.29 is 9.47 Å². The Morgan fingerprint density at radius 3 is 2.45 bits per heavy atom. The fourth-order valence-corrected chi connectivity index (χ4v) is 5.68. The van der Waals surface area contributed by atoms with Gasteiger partial charge in [0.1, 0.15) is 6.10 Å². The third kappa shape index (κ3) is 2.65. The summed E-state index contributed by atoms with van der Waals surface area (Å²) in [6, 6.07) is 0. The highest BCUT2D eigenvalue weighted by Gasteiger charge is 2.62. The van der Waals surface area contributed by atoms with Crippen LogP contribution in [0, 0.1) is 35.0 Å². The Labute approximate surface area is 136 Å². The van der Waals surface area contributed by atoms with Gasteiger partial charge in [0, 0.05) is 0 Å². The zero-order valence-electron chi connectivity index (χ0n) is 14.7. The molecule has 22 heavy (non-hydrogen) atoms. The van der Waals surface area contributed by atoms with Crippen molar-refractivity contribution in [2.45, 2.75) is 84.5 Å². The van der Waals surface area contributed by atoms with Crippen molar-refractivity contribution in [3.05, 3.63) is 0 Å². The van der Waals surface area contributed by atoms with Gasteiger partial charge in [-0.3, -0.25) is 0 Å². The van der Waals surface area contributed by atoms with E-state index in [0.717, 1.165) is 36.2 Å². The number of rotatable bonds is 6. The Morgan fingerprint density at radius 1 is 1.09 bits per heavy atom. The minimum Gasteiger partial charge on any atom is -0.349 e. The van der Waals surface area contributed by atoms with Crippen LogP contribution < -0.4 is 0 Å². The normalized spacial score (nSPS) is 47.0. The van der Waals surface area contributed by atoms with Gasteiger partial charge in [0.2, 0.25) is 0 Å². The zero-order chi connectivity index (χ0) is 15.3. The lowest BCUT2D eigenvalue weighted by Crippen LogP contribution is -2.23. The number of hydrogen-bond acceptors (Lipinski definition) is 2. The van der Waals surface area contributed by atoms with Crippen LogP contribution in [0.15, 0.2) is 0 Å². The van der Waals surface area contributed by atoms with Gasteiger partial charge in [0.15, 0.2) is 6.29 Å². The Hall–Kier alpha value is -0.0800. The molecule has 2 unspecified atom stereocenters. The molecule has 2 heteroatoms. The average molecular weight is 306 g/mol. The Morgan fingerprint density at radius 2 is 1.82 bits per heavy atom. The molecule has 0 aromatic heterocycles. The van der Waals surface area contributed by atoms with E-state index in [1.165, 1.54) is 51.4 Å². The van der Waals surface area contributed by atoms with Crippen LogP contribution in [0.4, 0.5) is 0 Å². The fraction of sp³-hybridized carbons (Fsp3) is 1.00. The Bertz CT molecular complexity index is 399. The molecular weight excluding hydrogens is 272 g/mol. The summed E-state index contributed by atoms with van der Waals surface area (Å²) in [6.07, 6.45) is 12.0. The lowest BCUT2D eigenvalue weighted by molar-refractivity contribution is 0.0153. The van der Waals surface area contributed by atoms with E-state index >= 15 is 0 Å². The van der Waals surface area contributed by atoms with Crippen molar-refractivity contribution in [2.75, 3.05) is 6.61 Å². The molecule has 0 aromatic rings. The van der Waals surface area contributed by atoms with E-state index in [4.69, 9.17) is 9.47 Å². The average Bonchev–Trinajstić information content (AvgIpc) is 3.34. The topological polar surface area (TPSA) is 21.8 Å². The second-order valence-electron chi connectivity index (χ2n) is 9.05. The van der Waals surface area contributed by atoms with Crippen LogP contribution in [0.3, 0.4) is 0 Å². The minimum absolute atomic E-state index is 0.139. The van der Waals surface area contributed by atoms with Crippen LogP contribution in [0.1, 0.15) is 72.1 Å². The van der Waals surface area contributed by atoms with E-state index in [9.17, 15) is 0 Å². The molecule has 0 amide bonds. The summed E-state index contributed by atoms with van der Waals surface area (Å²) in [5, 5.41) is 0. The molecule has 0 spiro atoms. The highest BCUT2D eigenvalue weighted by atomic mass is 16.8. The molecule has 3 aliphatic carbocycles. The van der Waals surface area contributed by atoms with E-state index in [1.807, 2.05) is 0 Å². The first-order chi connectivity index (χ1) is 10.6. The SMILES string of the molecule is C[C@@H](C1CCCCC1)[C@@H]1[C@H](C)[C@@]1(C)COC1OC1C1CCC1. The molecule has 126 valence electrons. The van der Waals surface area contributed by atoms with E-state index in [2.05, 4.69) is 20.8 Å². The smallest absolute Gasteiger partial charge is 0.184 e. The first-order valence-electron chi connectivity index (χ1n) is 9.88. The highest BCUT2D eigenvalue weighted by Crippen LogP contribution is 2.64. The molecule has 4 aliphatic rings. The van der Waals surface area contributed by atoms with Crippen LogP contribution in [0.2, 0.25) is 0 Å². The van der Waals surface area contributed by atoms with Crippen molar-refractivity contribution >= 4 is 0 Å². The molecule has 0 bridgehead atoms. The van der Waals surface area contributed by atoms with Gasteiger partial charge in [-0.2, -0.15) is 0 Å². The van der Waals surface area contributed by atoms with Crippen LogP contribution in [0.25, 0.3) is 0 Å². The maximum absolute atomic E-state index is 6.17. The van der Waals surface area contributed by atoms with Gasteiger partial charge >= 0.3 is 0 Å². The summed E-state index contributed by atoms with van der Waals surface area (Å²) in [7, 11) is 0. The summed E-state index contributed by atoms with van der Waals surface area (Å²) in [5.41, 5.74) is 0.410. The lowest BCUT2D eigenvalue weighted by atomic mass is 9.77. The van der Waals surface area contributed by atoms with Gasteiger partial charge in [0.25, 0.3) is 0 Å². The molecule has 6 atom stereocenters. The maximum atomic E-state index is 6.17.